The Morgan fingerprint density at radius 3 is 2.78 bits per heavy atom. The molecule has 10 nitrogen and oxygen atoms in total. The normalized spacial score (nSPS) is 15.0. The number of amides is 1. The molecule has 0 aliphatic carbocycles. The van der Waals surface area contributed by atoms with Crippen molar-refractivity contribution in [3.05, 3.63) is 36.2 Å². The second kappa shape index (κ2) is 9.67. The van der Waals surface area contributed by atoms with Crippen LogP contribution in [0.3, 0.4) is 0 Å². The van der Waals surface area contributed by atoms with Crippen molar-refractivity contribution in [1.82, 2.24) is 34.9 Å². The minimum atomic E-state index is -2.95. The molecule has 0 bridgehead atoms. The maximum Gasteiger partial charge on any atom is 0.387 e. The standard InChI is InChI=1S/C25H30F2N8O2/c1-25(2,3)32-23(36)17-10-29-22-21(17)31-18(11-30-22)20-16-9-15(37-24(26)27)5-6-19(16)35(33-20)8-4-7-34-12-14(28)13-34/h5-6,9-11,14,24H,4,7-8,12-13,28H2,1-3H3,(H,29,30)(H,32,36). The maximum absolute atomic E-state index is 12.9. The van der Waals surface area contributed by atoms with Crippen LogP contribution in [0.4, 0.5) is 8.78 Å². The third-order valence-electron chi connectivity index (χ3n) is 6.13. The van der Waals surface area contributed by atoms with E-state index < -0.39 is 12.2 Å². The summed E-state index contributed by atoms with van der Waals surface area (Å²) in [5.74, 6) is -0.252. The van der Waals surface area contributed by atoms with Crippen molar-refractivity contribution in [3.63, 3.8) is 0 Å². The van der Waals surface area contributed by atoms with Crippen LogP contribution in [0, 0.1) is 0 Å². The van der Waals surface area contributed by atoms with Gasteiger partial charge in [-0.15, -0.1) is 0 Å². The van der Waals surface area contributed by atoms with Crippen molar-refractivity contribution in [2.45, 2.75) is 51.9 Å². The SMILES string of the molecule is CC(C)(C)NC(=O)c1c[nH]c2ncc(-c3nn(CCCN4CC(N)C4)c4ccc(OC(F)F)cc34)nc12. The predicted molar refractivity (Wildman–Crippen MR) is 135 cm³/mol. The molecular formula is C25H30F2N8O2. The van der Waals surface area contributed by atoms with E-state index in [9.17, 15) is 13.6 Å². The van der Waals surface area contributed by atoms with E-state index in [4.69, 9.17) is 15.8 Å². The topological polar surface area (TPSA) is 127 Å². The van der Waals surface area contributed by atoms with Gasteiger partial charge in [0, 0.05) is 49.3 Å². The number of halogens is 2. The Kier molecular flexibility index (Phi) is 6.54. The molecule has 1 fully saturated rings. The van der Waals surface area contributed by atoms with Crippen LogP contribution in [-0.2, 0) is 6.54 Å². The third kappa shape index (κ3) is 5.39. The van der Waals surface area contributed by atoms with Gasteiger partial charge in [-0.05, 0) is 45.4 Å². The van der Waals surface area contributed by atoms with Crippen molar-refractivity contribution in [2.24, 2.45) is 5.73 Å². The van der Waals surface area contributed by atoms with Gasteiger partial charge in [-0.25, -0.2) is 9.97 Å². The minimum absolute atomic E-state index is 0.0267. The Hall–Kier alpha value is -3.64. The Balaban J connectivity index is 1.52. The second-order valence-corrected chi connectivity index (χ2v) is 10.4. The summed E-state index contributed by atoms with van der Waals surface area (Å²) in [6.45, 7) is 6.02. The average molecular weight is 513 g/mol. The summed E-state index contributed by atoms with van der Waals surface area (Å²) in [5.41, 5.74) is 8.31. The van der Waals surface area contributed by atoms with Gasteiger partial charge in [0.25, 0.3) is 5.91 Å². The number of carbonyl (C=O) groups is 1. The van der Waals surface area contributed by atoms with Crippen molar-refractivity contribution in [1.29, 1.82) is 0 Å². The van der Waals surface area contributed by atoms with Crippen molar-refractivity contribution in [3.8, 4) is 17.1 Å². The Bertz CT molecular complexity index is 1440. The second-order valence-electron chi connectivity index (χ2n) is 10.4. The molecule has 1 amide bonds. The molecule has 1 aromatic carbocycles. The number of benzene rings is 1. The van der Waals surface area contributed by atoms with Crippen LogP contribution in [0.1, 0.15) is 37.6 Å². The first-order valence-corrected chi connectivity index (χ1v) is 12.2. The fourth-order valence-electron chi connectivity index (χ4n) is 4.52. The highest BCUT2D eigenvalue weighted by atomic mass is 19.3. The molecule has 1 aliphatic rings. The van der Waals surface area contributed by atoms with Crippen LogP contribution < -0.4 is 15.8 Å². The third-order valence-corrected chi connectivity index (χ3v) is 6.13. The number of aryl methyl sites for hydroxylation is 1. The molecule has 0 saturated carbocycles. The summed E-state index contributed by atoms with van der Waals surface area (Å²) in [5, 5.41) is 8.31. The van der Waals surface area contributed by atoms with Gasteiger partial charge >= 0.3 is 6.61 Å². The van der Waals surface area contributed by atoms with Gasteiger partial charge in [-0.2, -0.15) is 13.9 Å². The highest BCUT2D eigenvalue weighted by Crippen LogP contribution is 2.31. The number of hydrogen-bond donors (Lipinski definition) is 3. The van der Waals surface area contributed by atoms with E-state index in [1.807, 2.05) is 25.5 Å². The summed E-state index contributed by atoms with van der Waals surface area (Å²) in [7, 11) is 0. The molecule has 12 heteroatoms. The van der Waals surface area contributed by atoms with E-state index in [-0.39, 0.29) is 17.7 Å². The Morgan fingerprint density at radius 1 is 1.30 bits per heavy atom. The molecule has 37 heavy (non-hydrogen) atoms. The summed E-state index contributed by atoms with van der Waals surface area (Å²) in [6, 6.07) is 4.99. The highest BCUT2D eigenvalue weighted by Gasteiger charge is 2.23. The minimum Gasteiger partial charge on any atom is -0.435 e. The van der Waals surface area contributed by atoms with Crippen LogP contribution in [0.15, 0.2) is 30.6 Å². The highest BCUT2D eigenvalue weighted by molar-refractivity contribution is 6.05. The number of fused-ring (bicyclic) bond motifs is 2. The molecule has 0 unspecified atom stereocenters. The molecule has 5 rings (SSSR count). The van der Waals surface area contributed by atoms with E-state index in [0.717, 1.165) is 31.6 Å². The van der Waals surface area contributed by atoms with Crippen LogP contribution in [0.2, 0.25) is 0 Å². The van der Waals surface area contributed by atoms with Gasteiger partial charge in [0.05, 0.1) is 17.3 Å². The van der Waals surface area contributed by atoms with Crippen molar-refractivity contribution < 1.29 is 18.3 Å². The molecule has 0 atom stereocenters. The fraction of sp³-hybridized carbons (Fsp3) is 0.440. The molecule has 196 valence electrons. The molecule has 4 heterocycles. The Morgan fingerprint density at radius 2 is 2.08 bits per heavy atom. The first-order chi connectivity index (χ1) is 17.6. The number of nitrogens with two attached hydrogens (primary N) is 1. The number of ether oxygens (including phenoxy) is 1. The van der Waals surface area contributed by atoms with Gasteiger partial charge < -0.3 is 25.7 Å². The Labute approximate surface area is 212 Å². The zero-order valence-electron chi connectivity index (χ0n) is 21.0. The number of rotatable bonds is 8. The molecule has 4 N–H and O–H groups in total. The first kappa shape index (κ1) is 25.0. The molecule has 1 saturated heterocycles. The average Bonchev–Trinajstić information content (AvgIpc) is 3.37. The lowest BCUT2D eigenvalue weighted by atomic mass is 10.1. The van der Waals surface area contributed by atoms with E-state index in [1.165, 1.54) is 12.1 Å². The number of likely N-dealkylation sites (tertiary alicyclic amines) is 1. The lowest BCUT2D eigenvalue weighted by molar-refractivity contribution is -0.0497. The largest absolute Gasteiger partial charge is 0.435 e. The first-order valence-electron chi connectivity index (χ1n) is 12.2. The number of H-pyrrole nitrogens is 1. The summed E-state index contributed by atoms with van der Waals surface area (Å²) < 4.78 is 32.3. The number of nitrogens with zero attached hydrogens (tertiary/aromatic N) is 5. The summed E-state index contributed by atoms with van der Waals surface area (Å²) >= 11 is 0. The van der Waals surface area contributed by atoms with Gasteiger partial charge in [0.2, 0.25) is 0 Å². The fourth-order valence-corrected chi connectivity index (χ4v) is 4.52. The number of aromatic nitrogens is 5. The molecule has 0 radical (unpaired) electrons. The number of alkyl halides is 2. The van der Waals surface area contributed by atoms with Gasteiger partial charge in [0.1, 0.15) is 22.7 Å². The van der Waals surface area contributed by atoms with Crippen molar-refractivity contribution >= 4 is 28.0 Å². The van der Waals surface area contributed by atoms with Gasteiger partial charge in [0.15, 0.2) is 5.65 Å². The summed E-state index contributed by atoms with van der Waals surface area (Å²) in [4.78, 5) is 27.3. The van der Waals surface area contributed by atoms with E-state index in [2.05, 4.69) is 24.9 Å². The number of hydrogen-bond acceptors (Lipinski definition) is 7. The maximum atomic E-state index is 12.9. The number of aromatic amines is 1. The molecule has 0 spiro atoms. The summed E-state index contributed by atoms with van der Waals surface area (Å²) in [6.07, 6.45) is 3.97. The quantitative estimate of drug-likeness (QED) is 0.331. The van der Waals surface area contributed by atoms with Gasteiger partial charge in [-0.3, -0.25) is 9.48 Å². The lowest BCUT2D eigenvalue weighted by Gasteiger charge is -2.36. The monoisotopic (exact) mass is 512 g/mol. The molecule has 3 aromatic heterocycles. The smallest absolute Gasteiger partial charge is 0.387 e. The van der Waals surface area contributed by atoms with Gasteiger partial charge in [-0.1, -0.05) is 0 Å². The number of carbonyl (C=O) groups excluding carboxylic acids is 1. The van der Waals surface area contributed by atoms with Crippen LogP contribution in [-0.4, -0.2) is 73.4 Å². The van der Waals surface area contributed by atoms with Crippen LogP contribution >= 0.6 is 0 Å². The van der Waals surface area contributed by atoms with E-state index in [1.54, 1.807) is 18.5 Å². The van der Waals surface area contributed by atoms with Crippen molar-refractivity contribution in [2.75, 3.05) is 19.6 Å². The molecule has 1 aliphatic heterocycles. The van der Waals surface area contributed by atoms with Crippen LogP contribution in [0.5, 0.6) is 5.75 Å². The molecular weight excluding hydrogens is 482 g/mol. The number of nitrogens with one attached hydrogen (secondary N) is 2. The lowest BCUT2D eigenvalue weighted by Crippen LogP contribution is -2.55. The predicted octanol–water partition coefficient (Wildman–Crippen LogP) is 3.14. The zero-order valence-corrected chi connectivity index (χ0v) is 21.0. The van der Waals surface area contributed by atoms with Crippen LogP contribution in [0.25, 0.3) is 33.5 Å². The zero-order chi connectivity index (χ0) is 26.3. The molecule has 4 aromatic rings. The van der Waals surface area contributed by atoms with E-state index >= 15 is 0 Å². The van der Waals surface area contributed by atoms with E-state index in [0.29, 0.717) is 40.0 Å².